The zero-order chi connectivity index (χ0) is 21.4. The van der Waals surface area contributed by atoms with Crippen molar-refractivity contribution in [2.45, 2.75) is 57.6 Å². The first-order chi connectivity index (χ1) is 13.6. The fourth-order valence-corrected chi connectivity index (χ4v) is 4.69. The predicted octanol–water partition coefficient (Wildman–Crippen LogP) is 0.988. The molecule has 29 heavy (non-hydrogen) atoms. The number of nitrogens with zero attached hydrogens (tertiary/aromatic N) is 2. The average Bonchev–Trinajstić information content (AvgIpc) is 3.20. The Kier molecular flexibility index (Phi) is 6.16. The van der Waals surface area contributed by atoms with Crippen LogP contribution in [-0.2, 0) is 33.6 Å². The number of esters is 1. The Labute approximate surface area is 168 Å². The van der Waals surface area contributed by atoms with Gasteiger partial charge >= 0.3 is 19.4 Å². The molecule has 3 rings (SSSR count). The summed E-state index contributed by atoms with van der Waals surface area (Å²) in [5.41, 5.74) is 4.30. The van der Waals surface area contributed by atoms with Gasteiger partial charge in [-0.3, -0.25) is 13.9 Å². The van der Waals surface area contributed by atoms with Gasteiger partial charge in [-0.15, -0.1) is 0 Å². The second kappa shape index (κ2) is 8.16. The first kappa shape index (κ1) is 21.9. The predicted molar refractivity (Wildman–Crippen MR) is 103 cm³/mol. The fraction of sp³-hybridized carbons (Fsp3) is 0.706. The molecular weight excluding hydrogens is 403 g/mol. The number of nitrogens with one attached hydrogen (secondary N) is 1. The van der Waals surface area contributed by atoms with Crippen molar-refractivity contribution >= 4 is 19.5 Å². The van der Waals surface area contributed by atoms with E-state index in [9.17, 15) is 14.2 Å². The molecule has 0 aromatic carbocycles. The van der Waals surface area contributed by atoms with Gasteiger partial charge in [0, 0.05) is 25.6 Å². The summed E-state index contributed by atoms with van der Waals surface area (Å²) in [4.78, 5) is 27.8. The summed E-state index contributed by atoms with van der Waals surface area (Å²) in [5.74, 6) is -0.280. The van der Waals surface area contributed by atoms with Crippen LogP contribution in [0, 0.1) is 5.92 Å². The highest BCUT2D eigenvalue weighted by Gasteiger charge is 2.64. The van der Waals surface area contributed by atoms with Crippen molar-refractivity contribution < 1.29 is 27.9 Å². The Morgan fingerprint density at radius 1 is 1.52 bits per heavy atom. The number of rotatable bonds is 9. The molecule has 1 aliphatic heterocycles. The van der Waals surface area contributed by atoms with Crippen LogP contribution in [0.4, 0.5) is 5.82 Å². The summed E-state index contributed by atoms with van der Waals surface area (Å²) < 4.78 is 35.8. The van der Waals surface area contributed by atoms with Crippen molar-refractivity contribution in [2.24, 2.45) is 5.92 Å². The minimum Gasteiger partial charge on any atom is -0.462 e. The van der Waals surface area contributed by atoms with Crippen LogP contribution >= 0.6 is 7.75 Å². The van der Waals surface area contributed by atoms with Crippen LogP contribution in [0.25, 0.3) is 0 Å². The number of carbonyl (C=O) groups is 1. The van der Waals surface area contributed by atoms with Crippen LogP contribution in [0.3, 0.4) is 0 Å². The van der Waals surface area contributed by atoms with Gasteiger partial charge in [-0.05, 0) is 33.3 Å². The second-order valence-corrected chi connectivity index (χ2v) is 9.42. The van der Waals surface area contributed by atoms with Crippen molar-refractivity contribution in [3.63, 3.8) is 0 Å². The van der Waals surface area contributed by atoms with Crippen LogP contribution < -0.4 is 16.5 Å². The van der Waals surface area contributed by atoms with Crippen LogP contribution in [0.15, 0.2) is 17.1 Å². The quantitative estimate of drug-likeness (QED) is 0.430. The van der Waals surface area contributed by atoms with Crippen LogP contribution in [-0.4, -0.2) is 47.5 Å². The third kappa shape index (κ3) is 4.70. The normalized spacial score (nSPS) is 28.6. The third-order valence-electron chi connectivity index (χ3n) is 4.90. The number of aromatic nitrogens is 2. The topological polar surface area (TPSA) is 144 Å². The van der Waals surface area contributed by atoms with E-state index in [0.29, 0.717) is 12.8 Å². The maximum Gasteiger partial charge on any atom is 0.406 e. The van der Waals surface area contributed by atoms with Gasteiger partial charge in [0.1, 0.15) is 11.9 Å². The summed E-state index contributed by atoms with van der Waals surface area (Å²) in [6.45, 7) is 4.92. The maximum absolute atomic E-state index is 12.8. The maximum atomic E-state index is 12.8. The Hall–Kier alpha value is -1.78. The van der Waals surface area contributed by atoms with E-state index in [1.54, 1.807) is 26.1 Å². The number of nitrogens with two attached hydrogens (primary N) is 1. The van der Waals surface area contributed by atoms with Crippen molar-refractivity contribution in [3.05, 3.63) is 22.7 Å². The molecular formula is C17H27N4O7P. The molecule has 3 N–H and O–H groups in total. The van der Waals surface area contributed by atoms with E-state index >= 15 is 0 Å². The number of anilines is 1. The van der Waals surface area contributed by atoms with Crippen molar-refractivity contribution in [1.29, 1.82) is 0 Å². The summed E-state index contributed by atoms with van der Waals surface area (Å²) >= 11 is 0. The molecule has 2 aliphatic rings. The van der Waals surface area contributed by atoms with Gasteiger partial charge < -0.3 is 19.7 Å². The Morgan fingerprint density at radius 3 is 2.86 bits per heavy atom. The molecule has 162 valence electrons. The number of carbonyl (C=O) groups excluding carboxylic acids is 1. The molecule has 1 saturated carbocycles. The third-order valence-corrected chi connectivity index (χ3v) is 6.57. The molecule has 1 aromatic rings. The highest BCUT2D eigenvalue weighted by molar-refractivity contribution is 7.51. The van der Waals surface area contributed by atoms with Crippen LogP contribution in [0.1, 0.15) is 33.6 Å². The molecule has 2 heterocycles. The van der Waals surface area contributed by atoms with Gasteiger partial charge in [-0.1, -0.05) is 0 Å². The number of ether oxygens (including phenoxy) is 2. The average molecular weight is 430 g/mol. The van der Waals surface area contributed by atoms with Gasteiger partial charge in [0.15, 0.2) is 5.72 Å². The lowest BCUT2D eigenvalue weighted by Gasteiger charge is -2.24. The van der Waals surface area contributed by atoms with E-state index in [-0.39, 0.29) is 30.6 Å². The molecule has 1 aliphatic carbocycles. The molecule has 12 heteroatoms. The lowest BCUT2D eigenvalue weighted by molar-refractivity contribution is -0.149. The largest absolute Gasteiger partial charge is 0.462 e. The van der Waals surface area contributed by atoms with E-state index in [1.807, 2.05) is 0 Å². The molecule has 0 bridgehead atoms. The number of fused-ring (bicyclic) bond motifs is 1. The van der Waals surface area contributed by atoms with Gasteiger partial charge in [0.25, 0.3) is 0 Å². The molecule has 5 atom stereocenters. The molecule has 1 unspecified atom stereocenters. The SMILES string of the molecule is COP(=O)(N[C@@H](C)C(=O)OC(C)C)OC[C@@H]1C[C@H]2C[C@@]2(n2ccc(N)nc2=O)O1. The standard InChI is InChI=1S/C17H27N4O7P/c1-10(2)27-15(22)11(3)20-29(24,25-4)26-9-13-7-12-8-17(12,28-13)21-6-5-14(18)19-16(21)23/h5-6,10-13H,7-9H2,1-4H3,(H,20,24)(H2,18,19,23)/t11-,12-,13-,17+,29?/m0/s1. The smallest absolute Gasteiger partial charge is 0.406 e. The van der Waals surface area contributed by atoms with E-state index in [2.05, 4.69) is 10.1 Å². The molecule has 1 aromatic heterocycles. The minimum atomic E-state index is -3.75. The lowest BCUT2D eigenvalue weighted by Crippen LogP contribution is -2.36. The first-order valence-corrected chi connectivity index (χ1v) is 10.9. The molecule has 0 radical (unpaired) electrons. The van der Waals surface area contributed by atoms with Crippen molar-refractivity contribution in [1.82, 2.24) is 14.6 Å². The lowest BCUT2D eigenvalue weighted by atomic mass is 10.2. The minimum absolute atomic E-state index is 0.0283. The molecule has 0 spiro atoms. The van der Waals surface area contributed by atoms with E-state index < -0.39 is 31.2 Å². The number of hydrogen-bond acceptors (Lipinski definition) is 9. The van der Waals surface area contributed by atoms with Crippen molar-refractivity contribution in [3.8, 4) is 0 Å². The van der Waals surface area contributed by atoms with Crippen LogP contribution in [0.5, 0.6) is 0 Å². The Bertz CT molecular complexity index is 876. The van der Waals surface area contributed by atoms with Gasteiger partial charge in [0.2, 0.25) is 0 Å². The Balaban J connectivity index is 1.58. The zero-order valence-corrected chi connectivity index (χ0v) is 17.8. The fourth-order valence-electron chi connectivity index (χ4n) is 3.47. The molecule has 1 saturated heterocycles. The van der Waals surface area contributed by atoms with Crippen LogP contribution in [0.2, 0.25) is 0 Å². The number of nitrogen functional groups attached to an aromatic ring is 1. The molecule has 11 nitrogen and oxygen atoms in total. The first-order valence-electron chi connectivity index (χ1n) is 9.40. The van der Waals surface area contributed by atoms with E-state index in [1.165, 1.54) is 18.6 Å². The zero-order valence-electron chi connectivity index (χ0n) is 16.9. The Morgan fingerprint density at radius 2 is 2.24 bits per heavy atom. The highest BCUT2D eigenvalue weighted by Crippen LogP contribution is 2.59. The summed E-state index contributed by atoms with van der Waals surface area (Å²) in [6.07, 6.45) is 2.20. The van der Waals surface area contributed by atoms with Gasteiger partial charge in [-0.2, -0.15) is 4.98 Å². The summed E-state index contributed by atoms with van der Waals surface area (Å²) in [7, 11) is -2.52. The highest BCUT2D eigenvalue weighted by atomic mass is 31.2. The van der Waals surface area contributed by atoms with Gasteiger partial charge in [0.05, 0.1) is 18.8 Å². The molecule has 2 fully saturated rings. The van der Waals surface area contributed by atoms with E-state index in [4.69, 9.17) is 24.3 Å². The second-order valence-electron chi connectivity index (χ2n) is 7.54. The van der Waals surface area contributed by atoms with E-state index in [0.717, 1.165) is 0 Å². The van der Waals surface area contributed by atoms with Crippen molar-refractivity contribution in [2.75, 3.05) is 19.5 Å². The summed E-state index contributed by atoms with van der Waals surface area (Å²) in [5, 5.41) is 2.55. The molecule has 0 amide bonds. The summed E-state index contributed by atoms with van der Waals surface area (Å²) in [6, 6.07) is 0.659. The van der Waals surface area contributed by atoms with Gasteiger partial charge in [-0.25, -0.2) is 14.4 Å². The monoisotopic (exact) mass is 430 g/mol. The number of hydrogen-bond donors (Lipinski definition) is 2.